The lowest BCUT2D eigenvalue weighted by atomic mass is 10.0. The van der Waals surface area contributed by atoms with Crippen LogP contribution >= 0.6 is 7.82 Å². The van der Waals surface area contributed by atoms with Crippen LogP contribution in [0.3, 0.4) is 0 Å². The molecule has 0 aliphatic heterocycles. The zero-order valence-corrected chi connectivity index (χ0v) is 35.6. The molecule has 9 heteroatoms. The van der Waals surface area contributed by atoms with Gasteiger partial charge in [-0.1, -0.05) is 158 Å². The fourth-order valence-corrected chi connectivity index (χ4v) is 6.33. The van der Waals surface area contributed by atoms with Gasteiger partial charge in [0.25, 0.3) is 7.82 Å². The Morgan fingerprint density at radius 2 is 1.15 bits per heavy atom. The number of nitrogens with zero attached hydrogens (tertiary/aromatic N) is 1. The molecule has 3 atom stereocenters. The average Bonchev–Trinajstić information content (AvgIpc) is 3.10. The molecule has 0 spiro atoms. The number of carbonyl (C=O) groups excluding carboxylic acids is 1. The molecule has 308 valence electrons. The summed E-state index contributed by atoms with van der Waals surface area (Å²) in [6, 6.07) is -0.888. The predicted octanol–water partition coefficient (Wildman–Crippen LogP) is 10.8. The van der Waals surface area contributed by atoms with Gasteiger partial charge in [-0.2, -0.15) is 0 Å². The Kier molecular flexibility index (Phi) is 34.7. The van der Waals surface area contributed by atoms with Crippen LogP contribution in [0, 0.1) is 0 Å². The SMILES string of the molecule is CC/C=C\C/C=C\C/C=C\C/C=C\CCCCCCCCCCCCC(=O)NC(COP(=O)([O-])OCC[N+](C)(C)C)C(O)/C=C/CCCCCCCC. The van der Waals surface area contributed by atoms with Crippen LogP contribution in [-0.4, -0.2) is 68.5 Å². The third kappa shape index (κ3) is 38.3. The van der Waals surface area contributed by atoms with E-state index >= 15 is 0 Å². The van der Waals surface area contributed by atoms with E-state index in [4.69, 9.17) is 9.05 Å². The summed E-state index contributed by atoms with van der Waals surface area (Å²) in [5.74, 6) is -0.209. The summed E-state index contributed by atoms with van der Waals surface area (Å²) in [7, 11) is 1.24. The maximum absolute atomic E-state index is 12.8. The maximum Gasteiger partial charge on any atom is 0.268 e. The second kappa shape index (κ2) is 35.9. The second-order valence-corrected chi connectivity index (χ2v) is 16.7. The van der Waals surface area contributed by atoms with Crippen molar-refractivity contribution in [2.45, 2.75) is 174 Å². The molecule has 0 bridgehead atoms. The molecule has 0 saturated heterocycles. The number of nitrogens with one attached hydrogen (secondary N) is 1. The minimum Gasteiger partial charge on any atom is -0.756 e. The number of aliphatic hydroxyl groups excluding tert-OH is 1. The van der Waals surface area contributed by atoms with Crippen molar-refractivity contribution in [1.29, 1.82) is 0 Å². The number of quaternary nitrogens is 1. The van der Waals surface area contributed by atoms with Crippen LogP contribution in [0.2, 0.25) is 0 Å². The van der Waals surface area contributed by atoms with Crippen molar-refractivity contribution in [3.05, 3.63) is 60.8 Å². The van der Waals surface area contributed by atoms with Crippen molar-refractivity contribution in [1.82, 2.24) is 5.32 Å². The lowest BCUT2D eigenvalue weighted by Crippen LogP contribution is -2.45. The number of aliphatic hydroxyl groups is 1. The van der Waals surface area contributed by atoms with Crippen molar-refractivity contribution in [2.24, 2.45) is 0 Å². The maximum atomic E-state index is 12.8. The number of phosphoric ester groups is 1. The van der Waals surface area contributed by atoms with Crippen LogP contribution in [0.4, 0.5) is 0 Å². The van der Waals surface area contributed by atoms with Crippen LogP contribution in [-0.2, 0) is 18.4 Å². The molecule has 0 aliphatic carbocycles. The van der Waals surface area contributed by atoms with E-state index in [1.165, 1.54) is 77.0 Å². The first-order valence-electron chi connectivity index (χ1n) is 21.2. The van der Waals surface area contributed by atoms with E-state index in [9.17, 15) is 19.4 Å². The number of allylic oxidation sites excluding steroid dienone is 9. The number of amides is 1. The molecule has 0 aliphatic rings. The van der Waals surface area contributed by atoms with Gasteiger partial charge in [0.15, 0.2) is 0 Å². The smallest absolute Gasteiger partial charge is 0.268 e. The van der Waals surface area contributed by atoms with Gasteiger partial charge in [0.2, 0.25) is 5.91 Å². The van der Waals surface area contributed by atoms with Gasteiger partial charge in [0.05, 0.1) is 39.9 Å². The number of unbranched alkanes of at least 4 members (excludes halogenated alkanes) is 16. The van der Waals surface area contributed by atoms with Gasteiger partial charge < -0.3 is 28.8 Å². The van der Waals surface area contributed by atoms with Crippen LogP contribution in [0.1, 0.15) is 162 Å². The van der Waals surface area contributed by atoms with Crippen molar-refractivity contribution < 1.29 is 32.9 Å². The highest BCUT2D eigenvalue weighted by molar-refractivity contribution is 7.45. The van der Waals surface area contributed by atoms with Gasteiger partial charge in [-0.25, -0.2) is 0 Å². The summed E-state index contributed by atoms with van der Waals surface area (Å²) in [4.78, 5) is 25.2. The number of carbonyl (C=O) groups is 1. The quantitative estimate of drug-likeness (QED) is 0.0282. The first-order chi connectivity index (χ1) is 25.5. The summed E-state index contributed by atoms with van der Waals surface area (Å²) in [6.45, 7) is 4.46. The number of rotatable bonds is 37. The molecule has 0 fully saturated rings. The molecule has 0 aromatic rings. The minimum atomic E-state index is -4.58. The van der Waals surface area contributed by atoms with Gasteiger partial charge in [-0.15, -0.1) is 0 Å². The number of phosphoric acid groups is 1. The van der Waals surface area contributed by atoms with Crippen LogP contribution in [0.25, 0.3) is 0 Å². The van der Waals surface area contributed by atoms with Gasteiger partial charge in [0, 0.05) is 6.42 Å². The Balaban J connectivity index is 4.25. The Bertz CT molecular complexity index is 1050. The monoisotopic (exact) mass is 765 g/mol. The minimum absolute atomic E-state index is 0.00469. The molecule has 8 nitrogen and oxygen atoms in total. The lowest BCUT2D eigenvalue weighted by Gasteiger charge is -2.29. The van der Waals surface area contributed by atoms with E-state index in [-0.39, 0.29) is 19.1 Å². The van der Waals surface area contributed by atoms with E-state index in [2.05, 4.69) is 67.8 Å². The third-order valence-corrected chi connectivity index (χ3v) is 9.95. The molecule has 0 aromatic heterocycles. The molecule has 0 aromatic carbocycles. The van der Waals surface area contributed by atoms with Gasteiger partial charge in [0.1, 0.15) is 13.2 Å². The first-order valence-corrected chi connectivity index (χ1v) is 22.6. The third-order valence-electron chi connectivity index (χ3n) is 8.98. The Morgan fingerprint density at radius 3 is 1.68 bits per heavy atom. The number of hydrogen-bond donors (Lipinski definition) is 2. The summed E-state index contributed by atoms with van der Waals surface area (Å²) in [6.07, 6.45) is 45.6. The van der Waals surface area contributed by atoms with Crippen molar-refractivity contribution >= 4 is 13.7 Å². The zero-order chi connectivity index (χ0) is 39.3. The van der Waals surface area contributed by atoms with Crippen molar-refractivity contribution in [3.8, 4) is 0 Å². The second-order valence-electron chi connectivity index (χ2n) is 15.3. The van der Waals surface area contributed by atoms with Crippen molar-refractivity contribution in [3.63, 3.8) is 0 Å². The topological polar surface area (TPSA) is 108 Å². The van der Waals surface area contributed by atoms with Crippen LogP contribution in [0.5, 0.6) is 0 Å². The molecule has 1 amide bonds. The molecular weight excluding hydrogens is 683 g/mol. The molecule has 0 radical (unpaired) electrons. The van der Waals surface area contributed by atoms with Crippen molar-refractivity contribution in [2.75, 3.05) is 40.9 Å². The summed E-state index contributed by atoms with van der Waals surface area (Å²) in [5, 5.41) is 13.7. The van der Waals surface area contributed by atoms with Gasteiger partial charge in [-0.05, 0) is 57.8 Å². The highest BCUT2D eigenvalue weighted by atomic mass is 31.2. The summed E-state index contributed by atoms with van der Waals surface area (Å²) < 4.78 is 23.1. The molecule has 0 rings (SSSR count). The fraction of sp³-hybridized carbons (Fsp3) is 0.750. The standard InChI is InChI=1S/C44H81N2O6P/c1-6-8-10-12-14-16-17-18-19-20-21-22-23-24-25-26-27-28-29-30-32-34-36-38-44(48)45-42(41-52-53(49,50)51-40-39-46(3,4)5)43(47)37-35-33-31-15-13-11-9-7-2/h8,10,14,16,18-19,21-22,35,37,42-43,47H,6-7,9,11-13,15,17,20,23-34,36,38-41H2,1-5H3,(H-,45,48,49,50)/b10-8-,16-14-,19-18-,22-21-,37-35+. The Morgan fingerprint density at radius 1 is 0.679 bits per heavy atom. The predicted molar refractivity (Wildman–Crippen MR) is 224 cm³/mol. The highest BCUT2D eigenvalue weighted by Gasteiger charge is 2.23. The van der Waals surface area contributed by atoms with E-state index in [1.807, 2.05) is 27.2 Å². The molecule has 0 saturated carbocycles. The molecule has 3 unspecified atom stereocenters. The Labute approximate surface area is 326 Å². The molecular formula is C44H81N2O6P. The first kappa shape index (κ1) is 51.2. The van der Waals surface area contributed by atoms with E-state index in [0.29, 0.717) is 17.4 Å². The van der Waals surface area contributed by atoms with E-state index in [1.54, 1.807) is 6.08 Å². The van der Waals surface area contributed by atoms with E-state index < -0.39 is 20.0 Å². The lowest BCUT2D eigenvalue weighted by molar-refractivity contribution is -0.870. The molecule has 2 N–H and O–H groups in total. The zero-order valence-electron chi connectivity index (χ0n) is 34.7. The Hall–Kier alpha value is -1.80. The highest BCUT2D eigenvalue weighted by Crippen LogP contribution is 2.38. The van der Waals surface area contributed by atoms with E-state index in [0.717, 1.165) is 64.2 Å². The average molecular weight is 765 g/mol. The number of likely N-dealkylation sites (N-methyl/N-ethyl adjacent to an activating group) is 1. The molecule has 0 heterocycles. The largest absolute Gasteiger partial charge is 0.756 e. The normalized spacial score (nSPS) is 15.1. The van der Waals surface area contributed by atoms with Crippen LogP contribution in [0.15, 0.2) is 60.8 Å². The summed E-state index contributed by atoms with van der Waals surface area (Å²) in [5.41, 5.74) is 0. The molecule has 53 heavy (non-hydrogen) atoms. The van der Waals surface area contributed by atoms with Gasteiger partial charge >= 0.3 is 0 Å². The number of hydrogen-bond acceptors (Lipinski definition) is 6. The van der Waals surface area contributed by atoms with Crippen LogP contribution < -0.4 is 10.2 Å². The fourth-order valence-electron chi connectivity index (χ4n) is 5.61. The van der Waals surface area contributed by atoms with Gasteiger partial charge in [-0.3, -0.25) is 9.36 Å². The summed E-state index contributed by atoms with van der Waals surface area (Å²) >= 11 is 0.